The van der Waals surface area contributed by atoms with Gasteiger partial charge in [0, 0.05) is 17.5 Å². The summed E-state index contributed by atoms with van der Waals surface area (Å²) in [4.78, 5) is 15.5. The number of amides is 1. The molecule has 1 amide bonds. The smallest absolute Gasteiger partial charge is 0.238 e. The number of thiophene rings is 1. The Labute approximate surface area is 140 Å². The van der Waals surface area contributed by atoms with Crippen LogP contribution in [0.3, 0.4) is 0 Å². The first-order valence-electron chi connectivity index (χ1n) is 7.27. The Bertz CT molecular complexity index is 670. The Morgan fingerprint density at radius 2 is 2.04 bits per heavy atom. The summed E-state index contributed by atoms with van der Waals surface area (Å²) in [5.41, 5.74) is 1.87. The van der Waals surface area contributed by atoms with Gasteiger partial charge in [-0.2, -0.15) is 0 Å². The first-order valence-corrected chi connectivity index (χ1v) is 8.15. The van der Waals surface area contributed by atoms with Crippen LogP contribution >= 0.6 is 11.3 Å². The predicted octanol–water partition coefficient (Wildman–Crippen LogP) is 3.14. The molecule has 0 unspecified atom stereocenters. The standard InChI is InChI=1S/C17H22N2O3S/c1-12-7-8-23-16(12)10-19(2)11-17(20)18-14-9-13(21-3)5-6-15(14)22-4/h5-9H,10-11H2,1-4H3,(H,18,20). The van der Waals surface area contributed by atoms with E-state index in [2.05, 4.69) is 23.7 Å². The summed E-state index contributed by atoms with van der Waals surface area (Å²) in [5.74, 6) is 1.19. The fourth-order valence-electron chi connectivity index (χ4n) is 2.21. The minimum atomic E-state index is -0.0896. The first kappa shape index (κ1) is 17.3. The number of hydrogen-bond donors (Lipinski definition) is 1. The number of nitrogens with zero attached hydrogens (tertiary/aromatic N) is 1. The van der Waals surface area contributed by atoms with Crippen molar-refractivity contribution in [1.82, 2.24) is 4.90 Å². The van der Waals surface area contributed by atoms with Gasteiger partial charge in [0.25, 0.3) is 0 Å². The number of anilines is 1. The van der Waals surface area contributed by atoms with Crippen LogP contribution in [0.1, 0.15) is 10.4 Å². The molecule has 0 aliphatic heterocycles. The molecule has 0 atom stereocenters. The maximum absolute atomic E-state index is 12.3. The average molecular weight is 334 g/mol. The molecule has 0 spiro atoms. The Morgan fingerprint density at radius 3 is 2.65 bits per heavy atom. The number of carbonyl (C=O) groups excluding carboxylic acids is 1. The fraction of sp³-hybridized carbons (Fsp3) is 0.353. The molecule has 2 rings (SSSR count). The summed E-state index contributed by atoms with van der Waals surface area (Å²) in [6.45, 7) is 3.14. The van der Waals surface area contributed by atoms with E-state index in [9.17, 15) is 4.79 Å². The summed E-state index contributed by atoms with van der Waals surface area (Å²) in [6.07, 6.45) is 0. The topological polar surface area (TPSA) is 50.8 Å². The molecule has 124 valence electrons. The van der Waals surface area contributed by atoms with Crippen molar-refractivity contribution < 1.29 is 14.3 Å². The number of carbonyl (C=O) groups is 1. The zero-order valence-corrected chi connectivity index (χ0v) is 14.7. The highest BCUT2D eigenvalue weighted by atomic mass is 32.1. The number of aryl methyl sites for hydroxylation is 1. The largest absolute Gasteiger partial charge is 0.497 e. The van der Waals surface area contributed by atoms with Gasteiger partial charge in [0.2, 0.25) is 5.91 Å². The van der Waals surface area contributed by atoms with Gasteiger partial charge >= 0.3 is 0 Å². The van der Waals surface area contributed by atoms with Crippen molar-refractivity contribution >= 4 is 22.9 Å². The van der Waals surface area contributed by atoms with Gasteiger partial charge in [-0.1, -0.05) is 0 Å². The molecule has 6 heteroatoms. The highest BCUT2D eigenvalue weighted by molar-refractivity contribution is 7.10. The summed E-state index contributed by atoms with van der Waals surface area (Å²) in [7, 11) is 5.09. The van der Waals surface area contributed by atoms with Crippen LogP contribution in [0.25, 0.3) is 0 Å². The summed E-state index contributed by atoms with van der Waals surface area (Å²) >= 11 is 1.71. The first-order chi connectivity index (χ1) is 11.0. The van der Waals surface area contributed by atoms with Crippen LogP contribution < -0.4 is 14.8 Å². The zero-order valence-electron chi connectivity index (χ0n) is 13.9. The normalized spacial score (nSPS) is 10.7. The minimum Gasteiger partial charge on any atom is -0.497 e. The van der Waals surface area contributed by atoms with E-state index in [1.807, 2.05) is 11.9 Å². The van der Waals surface area contributed by atoms with Crippen LogP contribution in [0.15, 0.2) is 29.6 Å². The monoisotopic (exact) mass is 334 g/mol. The molecule has 0 bridgehead atoms. The second-order valence-electron chi connectivity index (χ2n) is 5.31. The Hall–Kier alpha value is -2.05. The number of nitrogens with one attached hydrogen (secondary N) is 1. The molecule has 23 heavy (non-hydrogen) atoms. The van der Waals surface area contributed by atoms with Gasteiger partial charge in [0.15, 0.2) is 0 Å². The lowest BCUT2D eigenvalue weighted by molar-refractivity contribution is -0.117. The van der Waals surface area contributed by atoms with E-state index < -0.39 is 0 Å². The minimum absolute atomic E-state index is 0.0896. The molecule has 1 N–H and O–H groups in total. The van der Waals surface area contributed by atoms with Crippen molar-refractivity contribution in [1.29, 1.82) is 0 Å². The highest BCUT2D eigenvalue weighted by Crippen LogP contribution is 2.28. The molecule has 5 nitrogen and oxygen atoms in total. The van der Waals surface area contributed by atoms with Gasteiger partial charge in [-0.3, -0.25) is 9.69 Å². The van der Waals surface area contributed by atoms with Crippen molar-refractivity contribution in [3.63, 3.8) is 0 Å². The fourth-order valence-corrected chi connectivity index (χ4v) is 3.20. The Kier molecular flexibility index (Phi) is 6.01. The predicted molar refractivity (Wildman–Crippen MR) is 93.6 cm³/mol. The van der Waals surface area contributed by atoms with E-state index in [4.69, 9.17) is 9.47 Å². The SMILES string of the molecule is COc1ccc(OC)c(NC(=O)CN(C)Cc2sccc2C)c1. The van der Waals surface area contributed by atoms with Gasteiger partial charge in [-0.25, -0.2) is 0 Å². The third-order valence-electron chi connectivity index (χ3n) is 3.48. The lowest BCUT2D eigenvalue weighted by atomic mass is 10.2. The highest BCUT2D eigenvalue weighted by Gasteiger charge is 2.12. The van der Waals surface area contributed by atoms with Crippen LogP contribution in [0, 0.1) is 6.92 Å². The molecule has 0 aliphatic carbocycles. The van der Waals surface area contributed by atoms with E-state index in [1.54, 1.807) is 43.8 Å². The van der Waals surface area contributed by atoms with Crippen molar-refractivity contribution in [3.8, 4) is 11.5 Å². The maximum atomic E-state index is 12.3. The van der Waals surface area contributed by atoms with E-state index >= 15 is 0 Å². The summed E-state index contributed by atoms with van der Waals surface area (Å²) in [6, 6.07) is 7.41. The third-order valence-corrected chi connectivity index (χ3v) is 4.48. The van der Waals surface area contributed by atoms with Crippen LogP contribution in [-0.2, 0) is 11.3 Å². The van der Waals surface area contributed by atoms with Crippen molar-refractivity contribution in [2.75, 3.05) is 33.1 Å². The number of rotatable bonds is 7. The lowest BCUT2D eigenvalue weighted by Gasteiger charge is -2.17. The van der Waals surface area contributed by atoms with Gasteiger partial charge in [-0.15, -0.1) is 11.3 Å². The molecule has 1 aromatic heterocycles. The quantitative estimate of drug-likeness (QED) is 0.845. The number of ether oxygens (including phenoxy) is 2. The Balaban J connectivity index is 1.97. The van der Waals surface area contributed by atoms with Crippen LogP contribution in [0.5, 0.6) is 11.5 Å². The van der Waals surface area contributed by atoms with Crippen LogP contribution in [0.4, 0.5) is 5.69 Å². The van der Waals surface area contributed by atoms with Gasteiger partial charge in [-0.05, 0) is 43.1 Å². The Morgan fingerprint density at radius 1 is 1.26 bits per heavy atom. The molecule has 0 fully saturated rings. The third kappa shape index (κ3) is 4.71. The molecular weight excluding hydrogens is 312 g/mol. The van der Waals surface area contributed by atoms with E-state index in [0.29, 0.717) is 23.7 Å². The molecule has 1 heterocycles. The van der Waals surface area contributed by atoms with Crippen LogP contribution in [-0.4, -0.2) is 38.6 Å². The second kappa shape index (κ2) is 7.99. The van der Waals surface area contributed by atoms with E-state index in [-0.39, 0.29) is 5.91 Å². The molecular formula is C17H22N2O3S. The summed E-state index contributed by atoms with van der Waals surface area (Å²) < 4.78 is 10.5. The lowest BCUT2D eigenvalue weighted by Crippen LogP contribution is -2.29. The number of hydrogen-bond acceptors (Lipinski definition) is 5. The van der Waals surface area contributed by atoms with Crippen molar-refractivity contribution in [3.05, 3.63) is 40.1 Å². The number of benzene rings is 1. The van der Waals surface area contributed by atoms with Gasteiger partial charge in [0.1, 0.15) is 11.5 Å². The second-order valence-corrected chi connectivity index (χ2v) is 6.31. The molecule has 2 aromatic rings. The van der Waals surface area contributed by atoms with Gasteiger partial charge < -0.3 is 14.8 Å². The van der Waals surface area contributed by atoms with E-state index in [0.717, 1.165) is 6.54 Å². The van der Waals surface area contributed by atoms with Gasteiger partial charge in [0.05, 0.1) is 26.5 Å². The molecule has 0 radical (unpaired) electrons. The molecule has 1 aromatic carbocycles. The number of likely N-dealkylation sites (N-methyl/N-ethyl adjacent to an activating group) is 1. The van der Waals surface area contributed by atoms with Crippen LogP contribution in [0.2, 0.25) is 0 Å². The summed E-state index contributed by atoms with van der Waals surface area (Å²) in [5, 5.41) is 4.95. The molecule has 0 saturated carbocycles. The van der Waals surface area contributed by atoms with E-state index in [1.165, 1.54) is 10.4 Å². The zero-order chi connectivity index (χ0) is 16.8. The molecule has 0 saturated heterocycles. The molecule has 0 aliphatic rings. The van der Waals surface area contributed by atoms with Crippen molar-refractivity contribution in [2.45, 2.75) is 13.5 Å². The van der Waals surface area contributed by atoms with Crippen molar-refractivity contribution in [2.24, 2.45) is 0 Å². The maximum Gasteiger partial charge on any atom is 0.238 e. The average Bonchev–Trinajstić information content (AvgIpc) is 2.91. The number of methoxy groups -OCH3 is 2.